The van der Waals surface area contributed by atoms with Crippen molar-refractivity contribution in [2.75, 3.05) is 6.61 Å². The summed E-state index contributed by atoms with van der Waals surface area (Å²) in [5, 5.41) is 19.0. The minimum Gasteiger partial charge on any atom is -0.396 e. The molecule has 0 aromatic heterocycles. The van der Waals surface area contributed by atoms with E-state index in [1.165, 1.54) is 12.8 Å². The number of aliphatic hydroxyl groups is 2. The van der Waals surface area contributed by atoms with Gasteiger partial charge in [0.2, 0.25) is 0 Å². The largest absolute Gasteiger partial charge is 0.396 e. The summed E-state index contributed by atoms with van der Waals surface area (Å²) in [6.07, 6.45) is 5.55. The van der Waals surface area contributed by atoms with Gasteiger partial charge in [-0.1, -0.05) is 12.8 Å². The van der Waals surface area contributed by atoms with Crippen LogP contribution in [0.2, 0.25) is 0 Å². The molecule has 0 radical (unpaired) electrons. The summed E-state index contributed by atoms with van der Waals surface area (Å²) < 4.78 is 0. The van der Waals surface area contributed by atoms with Crippen LogP contribution in [0, 0.1) is 11.8 Å². The van der Waals surface area contributed by atoms with Crippen LogP contribution in [-0.2, 0) is 0 Å². The molecule has 64 valence electrons. The Kier molecular flexibility index (Phi) is 1.69. The zero-order chi connectivity index (χ0) is 7.90. The molecule has 0 aromatic rings. The third-order valence-corrected chi connectivity index (χ3v) is 3.58. The van der Waals surface area contributed by atoms with Crippen LogP contribution in [0.25, 0.3) is 0 Å². The average Bonchev–Trinajstić information content (AvgIpc) is 1.99. The first-order valence-electron chi connectivity index (χ1n) is 4.60. The van der Waals surface area contributed by atoms with E-state index in [0.717, 1.165) is 19.3 Å². The summed E-state index contributed by atoms with van der Waals surface area (Å²) >= 11 is 0. The van der Waals surface area contributed by atoms with Gasteiger partial charge in [-0.15, -0.1) is 0 Å². The van der Waals surface area contributed by atoms with Crippen LogP contribution in [0.1, 0.15) is 32.1 Å². The van der Waals surface area contributed by atoms with E-state index in [1.807, 2.05) is 0 Å². The van der Waals surface area contributed by atoms with E-state index in [0.29, 0.717) is 5.92 Å². The molecular weight excluding hydrogens is 140 g/mol. The molecule has 2 fully saturated rings. The third-order valence-electron chi connectivity index (χ3n) is 3.58. The molecule has 0 saturated heterocycles. The Balaban J connectivity index is 2.04. The zero-order valence-corrected chi connectivity index (χ0v) is 6.79. The van der Waals surface area contributed by atoms with Gasteiger partial charge in [0.05, 0.1) is 5.60 Å². The highest BCUT2D eigenvalue weighted by atomic mass is 16.3. The minimum absolute atomic E-state index is 0.174. The summed E-state index contributed by atoms with van der Waals surface area (Å²) in [6, 6.07) is 0. The van der Waals surface area contributed by atoms with E-state index in [-0.39, 0.29) is 12.5 Å². The van der Waals surface area contributed by atoms with Crippen LogP contribution >= 0.6 is 0 Å². The van der Waals surface area contributed by atoms with Crippen molar-refractivity contribution < 1.29 is 10.2 Å². The molecule has 2 heteroatoms. The molecule has 2 aliphatic rings. The van der Waals surface area contributed by atoms with E-state index >= 15 is 0 Å². The fourth-order valence-corrected chi connectivity index (χ4v) is 2.73. The molecule has 2 rings (SSSR count). The van der Waals surface area contributed by atoms with Gasteiger partial charge in [-0.25, -0.2) is 0 Å². The number of hydrogen-bond acceptors (Lipinski definition) is 2. The fourth-order valence-electron chi connectivity index (χ4n) is 2.73. The van der Waals surface area contributed by atoms with E-state index < -0.39 is 5.60 Å². The second-order valence-electron chi connectivity index (χ2n) is 4.05. The van der Waals surface area contributed by atoms with Crippen molar-refractivity contribution >= 4 is 0 Å². The van der Waals surface area contributed by atoms with Crippen molar-refractivity contribution in [3.8, 4) is 0 Å². The number of hydrogen-bond donors (Lipinski definition) is 2. The summed E-state index contributed by atoms with van der Waals surface area (Å²) in [6.45, 7) is 0.174. The zero-order valence-electron chi connectivity index (χ0n) is 6.79. The Morgan fingerprint density at radius 1 is 1.36 bits per heavy atom. The second-order valence-corrected chi connectivity index (χ2v) is 4.05. The Bertz CT molecular complexity index is 152. The lowest BCUT2D eigenvalue weighted by atomic mass is 9.55. The fraction of sp³-hybridized carbons (Fsp3) is 1.00. The molecule has 2 saturated carbocycles. The van der Waals surface area contributed by atoms with Crippen molar-refractivity contribution in [1.29, 1.82) is 0 Å². The molecule has 2 aliphatic carbocycles. The summed E-state index contributed by atoms with van der Waals surface area (Å²) in [5.74, 6) is 0.696. The molecule has 2 nitrogen and oxygen atoms in total. The summed E-state index contributed by atoms with van der Waals surface area (Å²) in [7, 11) is 0. The lowest BCUT2D eigenvalue weighted by Gasteiger charge is -2.54. The van der Waals surface area contributed by atoms with E-state index in [1.54, 1.807) is 0 Å². The molecule has 0 aromatic carbocycles. The van der Waals surface area contributed by atoms with Crippen LogP contribution in [-0.4, -0.2) is 22.4 Å². The highest BCUT2D eigenvalue weighted by molar-refractivity contribution is 5.04. The highest BCUT2D eigenvalue weighted by Crippen LogP contribution is 2.52. The van der Waals surface area contributed by atoms with Crippen molar-refractivity contribution in [3.05, 3.63) is 0 Å². The Morgan fingerprint density at radius 3 is 2.82 bits per heavy atom. The smallest absolute Gasteiger partial charge is 0.0725 e. The van der Waals surface area contributed by atoms with Crippen LogP contribution in [0.3, 0.4) is 0 Å². The van der Waals surface area contributed by atoms with Gasteiger partial charge in [-0.3, -0.25) is 0 Å². The van der Waals surface area contributed by atoms with Crippen LogP contribution in [0.5, 0.6) is 0 Å². The predicted molar refractivity (Wildman–Crippen MR) is 42.1 cm³/mol. The lowest BCUT2D eigenvalue weighted by Crippen LogP contribution is -2.58. The number of fused-ring (bicyclic) bond motifs is 1. The molecule has 0 amide bonds. The molecule has 3 atom stereocenters. The maximum atomic E-state index is 10.0. The first-order valence-corrected chi connectivity index (χ1v) is 4.60. The van der Waals surface area contributed by atoms with Gasteiger partial charge >= 0.3 is 0 Å². The van der Waals surface area contributed by atoms with Crippen molar-refractivity contribution in [1.82, 2.24) is 0 Å². The van der Waals surface area contributed by atoms with Gasteiger partial charge in [-0.2, -0.15) is 0 Å². The molecule has 0 heterocycles. The average molecular weight is 156 g/mol. The normalized spacial score (nSPS) is 49.6. The monoisotopic (exact) mass is 156 g/mol. The Morgan fingerprint density at radius 2 is 2.18 bits per heavy atom. The molecule has 0 spiro atoms. The first kappa shape index (κ1) is 7.56. The molecular formula is C9H16O2. The van der Waals surface area contributed by atoms with Crippen LogP contribution in [0.15, 0.2) is 0 Å². The topological polar surface area (TPSA) is 40.5 Å². The SMILES string of the molecule is OC[C@@H]1C[C@@H]2CCCC[C@]12O. The van der Waals surface area contributed by atoms with Crippen molar-refractivity contribution in [2.45, 2.75) is 37.7 Å². The lowest BCUT2D eigenvalue weighted by molar-refractivity contribution is -0.184. The van der Waals surface area contributed by atoms with Gasteiger partial charge in [0, 0.05) is 12.5 Å². The molecule has 2 N–H and O–H groups in total. The van der Waals surface area contributed by atoms with Crippen molar-refractivity contribution in [3.63, 3.8) is 0 Å². The summed E-state index contributed by atoms with van der Waals surface area (Å²) in [5.41, 5.74) is -0.465. The van der Waals surface area contributed by atoms with Crippen LogP contribution < -0.4 is 0 Å². The maximum absolute atomic E-state index is 10.0. The standard InChI is InChI=1S/C9H16O2/c10-6-8-5-7-3-1-2-4-9(7,8)11/h7-8,10-11H,1-6H2/t7-,8-,9+/m0/s1. The Hall–Kier alpha value is -0.0800. The van der Waals surface area contributed by atoms with E-state index in [2.05, 4.69) is 0 Å². The van der Waals surface area contributed by atoms with Gasteiger partial charge in [-0.05, 0) is 25.2 Å². The predicted octanol–water partition coefficient (Wildman–Crippen LogP) is 0.920. The first-order chi connectivity index (χ1) is 5.27. The van der Waals surface area contributed by atoms with Crippen molar-refractivity contribution in [2.24, 2.45) is 11.8 Å². The van der Waals surface area contributed by atoms with Gasteiger partial charge in [0.15, 0.2) is 0 Å². The van der Waals surface area contributed by atoms with Gasteiger partial charge < -0.3 is 10.2 Å². The van der Waals surface area contributed by atoms with Gasteiger partial charge in [0.25, 0.3) is 0 Å². The van der Waals surface area contributed by atoms with Gasteiger partial charge in [0.1, 0.15) is 0 Å². The summed E-state index contributed by atoms with van der Waals surface area (Å²) in [4.78, 5) is 0. The highest BCUT2D eigenvalue weighted by Gasteiger charge is 2.53. The molecule has 0 unspecified atom stereocenters. The molecule has 0 bridgehead atoms. The van der Waals surface area contributed by atoms with E-state index in [9.17, 15) is 5.11 Å². The molecule has 0 aliphatic heterocycles. The number of aliphatic hydroxyl groups excluding tert-OH is 1. The Labute approximate surface area is 67.2 Å². The van der Waals surface area contributed by atoms with E-state index in [4.69, 9.17) is 5.11 Å². The van der Waals surface area contributed by atoms with Crippen LogP contribution in [0.4, 0.5) is 0 Å². The second kappa shape index (κ2) is 2.46. The number of rotatable bonds is 1. The molecule has 11 heavy (non-hydrogen) atoms. The minimum atomic E-state index is -0.465. The third kappa shape index (κ3) is 0.926. The maximum Gasteiger partial charge on any atom is 0.0725 e. The quantitative estimate of drug-likeness (QED) is 0.592.